The van der Waals surface area contributed by atoms with Crippen LogP contribution in [0.2, 0.25) is 0 Å². The van der Waals surface area contributed by atoms with Crippen molar-refractivity contribution in [3.05, 3.63) is 78.3 Å². The van der Waals surface area contributed by atoms with Gasteiger partial charge in [0, 0.05) is 37.5 Å². The zero-order valence-corrected chi connectivity index (χ0v) is 20.7. The quantitative estimate of drug-likeness (QED) is 0.365. The summed E-state index contributed by atoms with van der Waals surface area (Å²) in [7, 11) is 1.87. The van der Waals surface area contributed by atoms with Gasteiger partial charge in [0.25, 0.3) is 0 Å². The zero-order valence-electron chi connectivity index (χ0n) is 20.7. The van der Waals surface area contributed by atoms with E-state index in [0.717, 1.165) is 48.3 Å². The molecule has 4 N–H and O–H groups in total. The number of nitrogen functional groups attached to an aromatic ring is 1. The lowest BCUT2D eigenvalue weighted by Crippen LogP contribution is -2.52. The van der Waals surface area contributed by atoms with Crippen molar-refractivity contribution in [2.75, 3.05) is 23.7 Å². The van der Waals surface area contributed by atoms with Crippen LogP contribution >= 0.6 is 0 Å². The van der Waals surface area contributed by atoms with Gasteiger partial charge in [0.1, 0.15) is 11.8 Å². The van der Waals surface area contributed by atoms with Gasteiger partial charge < -0.3 is 20.9 Å². The molecule has 38 heavy (non-hydrogen) atoms. The first-order valence-electron chi connectivity index (χ1n) is 12.2. The number of imidazole rings is 1. The number of aryl methyl sites for hydroxylation is 1. The molecule has 0 amide bonds. The fourth-order valence-corrected chi connectivity index (χ4v) is 5.12. The molecule has 0 unspecified atom stereocenters. The van der Waals surface area contributed by atoms with Crippen molar-refractivity contribution in [3.63, 3.8) is 0 Å². The van der Waals surface area contributed by atoms with Crippen LogP contribution in [0.25, 0.3) is 22.4 Å². The minimum absolute atomic E-state index is 0.298. The lowest BCUT2D eigenvalue weighted by Gasteiger charge is -2.41. The Bertz CT molecular complexity index is 1640. The van der Waals surface area contributed by atoms with E-state index in [2.05, 4.69) is 29.9 Å². The topological polar surface area (TPSA) is 130 Å². The normalized spacial score (nSPS) is 17.8. The highest BCUT2D eigenvalue weighted by molar-refractivity contribution is 5.81. The Balaban J connectivity index is 1.42. The van der Waals surface area contributed by atoms with E-state index in [1.807, 2.05) is 30.1 Å². The molecule has 1 fully saturated rings. The number of benzene rings is 1. The molecule has 5 aromatic rings. The van der Waals surface area contributed by atoms with Gasteiger partial charge in [-0.25, -0.2) is 23.7 Å². The largest absolute Gasteiger partial charge is 0.382 e. The van der Waals surface area contributed by atoms with E-state index in [4.69, 9.17) is 11.5 Å². The average Bonchev–Trinajstić information content (AvgIpc) is 3.53. The van der Waals surface area contributed by atoms with E-state index in [0.29, 0.717) is 41.3 Å². The molecule has 194 valence electrons. The van der Waals surface area contributed by atoms with E-state index in [1.54, 1.807) is 17.2 Å². The molecule has 0 aliphatic carbocycles. The molecule has 1 aliphatic heterocycles. The number of fused-ring (bicyclic) bond motifs is 1. The summed E-state index contributed by atoms with van der Waals surface area (Å²) in [6, 6.07) is 5.65. The van der Waals surface area contributed by atoms with Gasteiger partial charge in [-0.15, -0.1) is 0 Å². The molecule has 1 saturated heterocycles. The van der Waals surface area contributed by atoms with Crippen LogP contribution in [0.3, 0.4) is 0 Å². The van der Waals surface area contributed by atoms with Gasteiger partial charge in [0.05, 0.1) is 42.2 Å². The lowest BCUT2D eigenvalue weighted by molar-refractivity contribution is 0.353. The smallest absolute Gasteiger partial charge is 0.165 e. The maximum absolute atomic E-state index is 14.0. The van der Waals surface area contributed by atoms with Crippen LogP contribution < -0.4 is 16.4 Å². The third-order valence-corrected chi connectivity index (χ3v) is 7.10. The zero-order chi connectivity index (χ0) is 26.4. The number of rotatable bonds is 5. The summed E-state index contributed by atoms with van der Waals surface area (Å²) in [6.07, 6.45) is 10.3. The molecule has 6 rings (SSSR count). The predicted octanol–water partition coefficient (Wildman–Crippen LogP) is 2.98. The highest BCUT2D eigenvalue weighted by Gasteiger charge is 2.35. The summed E-state index contributed by atoms with van der Waals surface area (Å²) in [6.45, 7) is 1.75. The van der Waals surface area contributed by atoms with Crippen LogP contribution in [-0.2, 0) is 19.1 Å². The summed E-state index contributed by atoms with van der Waals surface area (Å²) < 4.78 is 31.3. The molecular weight excluding hydrogens is 490 g/mol. The Labute approximate surface area is 217 Å². The summed E-state index contributed by atoms with van der Waals surface area (Å²) in [5.74, 6) is -1.54. The molecule has 1 atom stereocenters. The van der Waals surface area contributed by atoms with E-state index in [9.17, 15) is 8.78 Å². The van der Waals surface area contributed by atoms with Crippen LogP contribution in [0.15, 0.2) is 55.5 Å². The van der Waals surface area contributed by atoms with Crippen LogP contribution in [0.5, 0.6) is 0 Å². The number of aromatic nitrogens is 7. The van der Waals surface area contributed by atoms with Crippen molar-refractivity contribution < 1.29 is 8.78 Å². The van der Waals surface area contributed by atoms with Gasteiger partial charge in [0.15, 0.2) is 23.1 Å². The number of pyridine rings is 1. The maximum atomic E-state index is 14.0. The Kier molecular flexibility index (Phi) is 5.75. The summed E-state index contributed by atoms with van der Waals surface area (Å²) >= 11 is 0. The van der Waals surface area contributed by atoms with Gasteiger partial charge in [-0.1, -0.05) is 0 Å². The van der Waals surface area contributed by atoms with Crippen molar-refractivity contribution in [3.8, 4) is 11.3 Å². The number of anilines is 2. The SMILES string of the molecule is Cn1cc([C@@]2(N)CCCN(c3cnc(-c4ccc(F)c(F)c4)cc3Cn3cnc4c(N)ncnc43)C2)cn1. The first-order valence-corrected chi connectivity index (χ1v) is 12.2. The first-order chi connectivity index (χ1) is 18.3. The third-order valence-electron chi connectivity index (χ3n) is 7.10. The maximum Gasteiger partial charge on any atom is 0.165 e. The number of hydrogen-bond donors (Lipinski definition) is 2. The molecule has 0 bridgehead atoms. The van der Waals surface area contributed by atoms with Gasteiger partial charge in [-0.2, -0.15) is 5.10 Å². The molecule has 0 spiro atoms. The average molecular weight is 517 g/mol. The van der Waals surface area contributed by atoms with Crippen LogP contribution in [0.4, 0.5) is 20.3 Å². The van der Waals surface area contributed by atoms with Crippen LogP contribution in [-0.4, -0.2) is 47.4 Å². The Hall–Kier alpha value is -4.45. The molecule has 0 radical (unpaired) electrons. The Morgan fingerprint density at radius 3 is 2.71 bits per heavy atom. The monoisotopic (exact) mass is 516 g/mol. The van der Waals surface area contributed by atoms with Gasteiger partial charge in [-0.3, -0.25) is 9.67 Å². The lowest BCUT2D eigenvalue weighted by atomic mass is 9.84. The van der Waals surface area contributed by atoms with Gasteiger partial charge >= 0.3 is 0 Å². The molecular formula is C26H26F2N10. The van der Waals surface area contributed by atoms with E-state index in [1.165, 1.54) is 12.4 Å². The van der Waals surface area contributed by atoms with Gasteiger partial charge in [0.2, 0.25) is 0 Å². The Morgan fingerprint density at radius 1 is 1.05 bits per heavy atom. The molecule has 0 saturated carbocycles. The minimum atomic E-state index is -0.928. The van der Waals surface area contributed by atoms with Crippen LogP contribution in [0, 0.1) is 11.6 Å². The number of hydrogen-bond acceptors (Lipinski definition) is 8. The molecule has 4 aromatic heterocycles. The van der Waals surface area contributed by atoms with Crippen LogP contribution in [0.1, 0.15) is 24.0 Å². The predicted molar refractivity (Wildman–Crippen MR) is 139 cm³/mol. The summed E-state index contributed by atoms with van der Waals surface area (Å²) in [5, 5.41) is 4.31. The Morgan fingerprint density at radius 2 is 1.92 bits per heavy atom. The molecule has 5 heterocycles. The summed E-state index contributed by atoms with van der Waals surface area (Å²) in [5.41, 5.74) is 17.2. The number of nitrogens with zero attached hydrogens (tertiary/aromatic N) is 8. The fraction of sp³-hybridized carbons (Fsp3) is 0.269. The summed E-state index contributed by atoms with van der Waals surface area (Å²) in [4.78, 5) is 19.6. The second-order valence-corrected chi connectivity index (χ2v) is 9.71. The molecule has 10 nitrogen and oxygen atoms in total. The van der Waals surface area contributed by atoms with Crippen molar-refractivity contribution >= 4 is 22.7 Å². The third kappa shape index (κ3) is 4.22. The highest BCUT2D eigenvalue weighted by atomic mass is 19.2. The standard InChI is InChI=1S/C26H26F2N10/c1-36-12-18(9-35-36)26(30)5-2-6-37(13-26)22-10-31-21(16-3-4-19(27)20(28)7-16)8-17(22)11-38-15-34-23-24(29)32-14-33-25(23)38/h3-4,7-10,12,14-15H,2,5-6,11,13,30H2,1H3,(H2,29,32,33)/t26-/m1/s1. The number of halogens is 2. The van der Waals surface area contributed by atoms with E-state index >= 15 is 0 Å². The minimum Gasteiger partial charge on any atom is -0.382 e. The van der Waals surface area contributed by atoms with E-state index < -0.39 is 17.2 Å². The number of piperidine rings is 1. The van der Waals surface area contributed by atoms with Crippen molar-refractivity contribution in [1.82, 2.24) is 34.3 Å². The van der Waals surface area contributed by atoms with Gasteiger partial charge in [-0.05, 0) is 42.7 Å². The van der Waals surface area contributed by atoms with Crippen molar-refractivity contribution in [1.29, 1.82) is 0 Å². The van der Waals surface area contributed by atoms with Crippen molar-refractivity contribution in [2.24, 2.45) is 12.8 Å². The number of nitrogens with two attached hydrogens (primary N) is 2. The molecule has 1 aliphatic rings. The second kappa shape index (κ2) is 9.14. The fourth-order valence-electron chi connectivity index (χ4n) is 5.12. The molecule has 12 heteroatoms. The molecule has 1 aromatic carbocycles. The van der Waals surface area contributed by atoms with E-state index in [-0.39, 0.29) is 0 Å². The first kappa shape index (κ1) is 23.9. The van der Waals surface area contributed by atoms with Crippen molar-refractivity contribution in [2.45, 2.75) is 24.9 Å². The second-order valence-electron chi connectivity index (χ2n) is 9.71. The highest BCUT2D eigenvalue weighted by Crippen LogP contribution is 2.35.